The van der Waals surface area contributed by atoms with Gasteiger partial charge in [-0.15, -0.1) is 0 Å². The first-order valence-corrected chi connectivity index (χ1v) is 14.0. The van der Waals surface area contributed by atoms with Crippen LogP contribution in [0.4, 0.5) is 5.82 Å². The molecule has 3 saturated heterocycles. The van der Waals surface area contributed by atoms with Gasteiger partial charge in [0.15, 0.2) is 23.9 Å². The first-order valence-electron chi connectivity index (χ1n) is 14.0. The smallest absolute Gasteiger partial charge is 0.351 e. The number of hydrogen-bond donors (Lipinski definition) is 1. The van der Waals surface area contributed by atoms with Gasteiger partial charge in [0.2, 0.25) is 0 Å². The quantitative estimate of drug-likeness (QED) is 0.440. The van der Waals surface area contributed by atoms with E-state index in [1.54, 1.807) is 88.4 Å². The summed E-state index contributed by atoms with van der Waals surface area (Å²) in [5.74, 6) is -3.02. The van der Waals surface area contributed by atoms with Gasteiger partial charge in [-0.1, -0.05) is 36.4 Å². The second kappa shape index (κ2) is 11.3. The normalized spacial score (nSPS) is 29.0. The van der Waals surface area contributed by atoms with E-state index in [2.05, 4.69) is 10.3 Å². The lowest BCUT2D eigenvalue weighted by molar-refractivity contribution is -0.332. The van der Waals surface area contributed by atoms with Crippen LogP contribution in [0.3, 0.4) is 0 Å². The highest BCUT2D eigenvalue weighted by molar-refractivity contribution is 6.03. The molecule has 12 heteroatoms. The Morgan fingerprint density at radius 3 is 2.16 bits per heavy atom. The molecule has 0 saturated carbocycles. The number of anilines is 1. The maximum atomic E-state index is 13.5. The van der Waals surface area contributed by atoms with E-state index in [1.807, 2.05) is 0 Å². The minimum Gasteiger partial charge on any atom is -0.451 e. The summed E-state index contributed by atoms with van der Waals surface area (Å²) in [6.45, 7) is 7.19. The summed E-state index contributed by atoms with van der Waals surface area (Å²) in [4.78, 5) is 43.6. The Labute approximate surface area is 247 Å². The van der Waals surface area contributed by atoms with E-state index < -0.39 is 65.9 Å². The fraction of sp³-hybridized carbons (Fsp3) is 0.419. The number of aromatic nitrogens is 2. The average molecular weight is 592 g/mol. The zero-order chi connectivity index (χ0) is 30.4. The van der Waals surface area contributed by atoms with Crippen LogP contribution >= 0.6 is 0 Å². The van der Waals surface area contributed by atoms with E-state index in [4.69, 9.17) is 28.4 Å². The van der Waals surface area contributed by atoms with Crippen molar-refractivity contribution >= 4 is 17.7 Å². The molecule has 6 rings (SSSR count). The fourth-order valence-electron chi connectivity index (χ4n) is 5.52. The highest BCUT2D eigenvalue weighted by Gasteiger charge is 2.60. The molecule has 1 aromatic heterocycles. The van der Waals surface area contributed by atoms with Crippen molar-refractivity contribution in [2.45, 2.75) is 76.0 Å². The van der Waals surface area contributed by atoms with Gasteiger partial charge in [0.05, 0.1) is 12.2 Å². The number of carbonyl (C=O) groups is 2. The molecule has 3 fully saturated rings. The van der Waals surface area contributed by atoms with Crippen LogP contribution in [0.5, 0.6) is 0 Å². The van der Waals surface area contributed by atoms with Gasteiger partial charge in [0.25, 0.3) is 5.91 Å². The second-order valence-corrected chi connectivity index (χ2v) is 11.5. The van der Waals surface area contributed by atoms with Crippen molar-refractivity contribution in [3.63, 3.8) is 0 Å². The number of amides is 1. The predicted molar refractivity (Wildman–Crippen MR) is 151 cm³/mol. The maximum absolute atomic E-state index is 13.5. The van der Waals surface area contributed by atoms with Crippen LogP contribution in [0.1, 0.15) is 54.6 Å². The molecule has 4 unspecified atom stereocenters. The highest BCUT2D eigenvalue weighted by atomic mass is 16.8. The van der Waals surface area contributed by atoms with Crippen molar-refractivity contribution in [1.29, 1.82) is 0 Å². The monoisotopic (exact) mass is 591 g/mol. The molecular formula is C31H33N3O9. The topological polar surface area (TPSA) is 136 Å². The number of fused-ring (bicyclic) bond motifs is 3. The number of esters is 1. The van der Waals surface area contributed by atoms with Crippen LogP contribution in [-0.4, -0.2) is 70.1 Å². The van der Waals surface area contributed by atoms with Gasteiger partial charge in [-0.3, -0.25) is 9.36 Å². The summed E-state index contributed by atoms with van der Waals surface area (Å²) in [7, 11) is 0. The average Bonchev–Trinajstić information content (AvgIpc) is 3.26. The van der Waals surface area contributed by atoms with E-state index in [-0.39, 0.29) is 12.4 Å². The molecule has 43 heavy (non-hydrogen) atoms. The SMILES string of the molecule is CC1(C)OC2C(O1)[C@@H]1OC(C)(C)OCC1O[C@@H](n1ccc(NC(=O)c3ccccc3)nc1=O)C2OC(=O)c1ccccc1. The Morgan fingerprint density at radius 1 is 0.860 bits per heavy atom. The third-order valence-corrected chi connectivity index (χ3v) is 7.42. The number of hydrogen-bond acceptors (Lipinski definition) is 10. The second-order valence-electron chi connectivity index (χ2n) is 11.5. The first kappa shape index (κ1) is 29.1. The van der Waals surface area contributed by atoms with Gasteiger partial charge >= 0.3 is 11.7 Å². The molecule has 1 amide bonds. The molecule has 0 spiro atoms. The van der Waals surface area contributed by atoms with Gasteiger partial charge in [-0.25, -0.2) is 9.59 Å². The van der Waals surface area contributed by atoms with Crippen molar-refractivity contribution in [2.24, 2.45) is 0 Å². The molecule has 0 radical (unpaired) electrons. The van der Waals surface area contributed by atoms with Gasteiger partial charge in [-0.2, -0.15) is 4.98 Å². The molecule has 3 aliphatic rings. The zero-order valence-electron chi connectivity index (χ0n) is 24.2. The molecule has 6 atom stereocenters. The van der Waals surface area contributed by atoms with E-state index in [0.29, 0.717) is 11.1 Å². The first-order chi connectivity index (χ1) is 20.5. The predicted octanol–water partition coefficient (Wildman–Crippen LogP) is 3.29. The summed E-state index contributed by atoms with van der Waals surface area (Å²) >= 11 is 0. The number of ether oxygens (including phenoxy) is 6. The van der Waals surface area contributed by atoms with E-state index in [1.165, 1.54) is 16.8 Å². The maximum Gasteiger partial charge on any atom is 0.351 e. The van der Waals surface area contributed by atoms with Crippen molar-refractivity contribution < 1.29 is 38.0 Å². The number of nitrogens with one attached hydrogen (secondary N) is 1. The fourth-order valence-corrected chi connectivity index (χ4v) is 5.52. The van der Waals surface area contributed by atoms with Crippen molar-refractivity contribution in [3.8, 4) is 0 Å². The molecule has 1 N–H and O–H groups in total. The standard InChI is InChI=1S/C31H33N3O9/c1-30(2)38-17-20-22(41-30)23-24(43-31(3,4)42-23)25(40-28(36)19-13-9-6-10-14-19)27(39-20)34-16-15-21(33-29(34)37)32-26(35)18-11-7-5-8-12-18/h5-16,20,22-25,27H,17H2,1-4H3,(H,32,33,35,37)/t20?,22-,23?,24?,25?,27-/m1/s1. The summed E-state index contributed by atoms with van der Waals surface area (Å²) < 4.78 is 38.6. The van der Waals surface area contributed by atoms with E-state index in [0.717, 1.165) is 0 Å². The van der Waals surface area contributed by atoms with Crippen molar-refractivity contribution in [2.75, 3.05) is 11.9 Å². The van der Waals surface area contributed by atoms with Crippen molar-refractivity contribution in [3.05, 3.63) is 94.5 Å². The zero-order valence-corrected chi connectivity index (χ0v) is 24.2. The van der Waals surface area contributed by atoms with Gasteiger partial charge in [0, 0.05) is 11.8 Å². The molecule has 4 heterocycles. The molecule has 12 nitrogen and oxygen atoms in total. The largest absolute Gasteiger partial charge is 0.451 e. The summed E-state index contributed by atoms with van der Waals surface area (Å²) in [5.41, 5.74) is -0.0302. The third-order valence-electron chi connectivity index (χ3n) is 7.42. The lowest BCUT2D eigenvalue weighted by Crippen LogP contribution is -2.55. The van der Waals surface area contributed by atoms with Crippen LogP contribution in [-0.2, 0) is 28.4 Å². The minimum atomic E-state index is -1.21. The van der Waals surface area contributed by atoms with Crippen LogP contribution in [0.2, 0.25) is 0 Å². The van der Waals surface area contributed by atoms with Gasteiger partial charge < -0.3 is 33.7 Å². The number of nitrogens with zero attached hydrogens (tertiary/aromatic N) is 2. The van der Waals surface area contributed by atoms with E-state index in [9.17, 15) is 14.4 Å². The Balaban J connectivity index is 1.38. The number of rotatable bonds is 5. The highest BCUT2D eigenvalue weighted by Crippen LogP contribution is 2.44. The van der Waals surface area contributed by atoms with Gasteiger partial charge in [-0.05, 0) is 58.0 Å². The lowest BCUT2D eigenvalue weighted by atomic mass is 9.99. The molecule has 3 aliphatic heterocycles. The lowest BCUT2D eigenvalue weighted by Gasteiger charge is -2.42. The number of benzene rings is 2. The van der Waals surface area contributed by atoms with E-state index >= 15 is 0 Å². The van der Waals surface area contributed by atoms with Crippen LogP contribution in [0.15, 0.2) is 77.7 Å². The molecular weight excluding hydrogens is 558 g/mol. The Bertz CT molecular complexity index is 1540. The molecule has 226 valence electrons. The summed E-state index contributed by atoms with van der Waals surface area (Å²) in [6, 6.07) is 18.5. The third kappa shape index (κ3) is 6.10. The number of carbonyl (C=O) groups excluding carboxylic acids is 2. The molecule has 0 bridgehead atoms. The van der Waals surface area contributed by atoms with Crippen LogP contribution in [0, 0.1) is 0 Å². The Morgan fingerprint density at radius 2 is 1.49 bits per heavy atom. The summed E-state index contributed by atoms with van der Waals surface area (Å²) in [5, 5.41) is 2.63. The van der Waals surface area contributed by atoms with Crippen LogP contribution in [0.25, 0.3) is 0 Å². The van der Waals surface area contributed by atoms with Crippen molar-refractivity contribution in [1.82, 2.24) is 9.55 Å². The van der Waals surface area contributed by atoms with Crippen LogP contribution < -0.4 is 11.0 Å². The summed E-state index contributed by atoms with van der Waals surface area (Å²) in [6.07, 6.45) is -3.95. The molecule has 3 aromatic rings. The molecule has 2 aromatic carbocycles. The Hall–Kier alpha value is -3.94. The molecule has 0 aliphatic carbocycles. The minimum absolute atomic E-state index is 0.0463. The Kier molecular flexibility index (Phi) is 7.65. The van der Waals surface area contributed by atoms with Gasteiger partial charge in [0.1, 0.15) is 30.2 Å².